The quantitative estimate of drug-likeness (QED) is 0.737. The summed E-state index contributed by atoms with van der Waals surface area (Å²) in [5, 5.41) is 3.38. The fraction of sp³-hybridized carbons (Fsp3) is 0.769. The van der Waals surface area contributed by atoms with Crippen LogP contribution < -0.4 is 5.32 Å². The average molecular weight is 222 g/mol. The summed E-state index contributed by atoms with van der Waals surface area (Å²) in [5.74, 6) is 0.286. The standard InChI is InChI=1S/C13H22N2O/c16-13(15-9-5-2-6-10-15)11-14-12-7-3-1-4-8-12/h1,3,12,14H,2,4-11H2. The first-order valence-corrected chi connectivity index (χ1v) is 6.52. The predicted octanol–water partition coefficient (Wildman–Crippen LogP) is 1.70. The van der Waals surface area contributed by atoms with Gasteiger partial charge in [-0.05, 0) is 38.5 Å². The molecule has 1 amide bonds. The van der Waals surface area contributed by atoms with Crippen LogP contribution in [0.1, 0.15) is 38.5 Å². The lowest BCUT2D eigenvalue weighted by molar-refractivity contribution is -0.131. The molecule has 1 N–H and O–H groups in total. The number of nitrogens with one attached hydrogen (secondary N) is 1. The average Bonchev–Trinajstić information content (AvgIpc) is 2.38. The molecule has 1 atom stereocenters. The van der Waals surface area contributed by atoms with Crippen LogP contribution >= 0.6 is 0 Å². The van der Waals surface area contributed by atoms with E-state index in [-0.39, 0.29) is 5.91 Å². The van der Waals surface area contributed by atoms with E-state index in [1.807, 2.05) is 4.90 Å². The summed E-state index contributed by atoms with van der Waals surface area (Å²) < 4.78 is 0. The highest BCUT2D eigenvalue weighted by molar-refractivity contribution is 5.78. The number of amides is 1. The van der Waals surface area contributed by atoms with Crippen LogP contribution in [-0.2, 0) is 4.79 Å². The number of rotatable bonds is 3. The van der Waals surface area contributed by atoms with Gasteiger partial charge in [-0.3, -0.25) is 4.79 Å². The molecule has 1 aliphatic heterocycles. The van der Waals surface area contributed by atoms with E-state index < -0.39 is 0 Å². The number of hydrogen-bond donors (Lipinski definition) is 1. The second-order valence-electron chi connectivity index (χ2n) is 4.80. The third kappa shape index (κ3) is 3.34. The van der Waals surface area contributed by atoms with E-state index in [1.54, 1.807) is 0 Å². The van der Waals surface area contributed by atoms with Gasteiger partial charge in [-0.25, -0.2) is 0 Å². The number of carbonyl (C=O) groups excluding carboxylic acids is 1. The molecule has 1 unspecified atom stereocenters. The minimum absolute atomic E-state index is 0.286. The minimum atomic E-state index is 0.286. The molecule has 2 aliphatic rings. The van der Waals surface area contributed by atoms with Crippen molar-refractivity contribution in [2.45, 2.75) is 44.6 Å². The van der Waals surface area contributed by atoms with Gasteiger partial charge in [0, 0.05) is 19.1 Å². The van der Waals surface area contributed by atoms with Gasteiger partial charge in [-0.2, -0.15) is 0 Å². The highest BCUT2D eigenvalue weighted by atomic mass is 16.2. The maximum Gasteiger partial charge on any atom is 0.236 e. The first kappa shape index (κ1) is 11.6. The fourth-order valence-corrected chi connectivity index (χ4v) is 2.47. The van der Waals surface area contributed by atoms with Crippen molar-refractivity contribution in [1.29, 1.82) is 0 Å². The molecule has 0 spiro atoms. The first-order valence-electron chi connectivity index (χ1n) is 6.52. The van der Waals surface area contributed by atoms with Crippen LogP contribution in [0.15, 0.2) is 12.2 Å². The molecule has 3 heteroatoms. The summed E-state index contributed by atoms with van der Waals surface area (Å²) >= 11 is 0. The maximum atomic E-state index is 11.9. The Balaban J connectivity index is 1.68. The predicted molar refractivity (Wildman–Crippen MR) is 65.2 cm³/mol. The number of hydrogen-bond acceptors (Lipinski definition) is 2. The first-order chi connectivity index (χ1) is 7.86. The van der Waals surface area contributed by atoms with Crippen molar-refractivity contribution in [2.75, 3.05) is 19.6 Å². The normalized spacial score (nSPS) is 25.8. The minimum Gasteiger partial charge on any atom is -0.342 e. The van der Waals surface area contributed by atoms with Gasteiger partial charge < -0.3 is 10.2 Å². The zero-order valence-corrected chi connectivity index (χ0v) is 9.95. The van der Waals surface area contributed by atoms with Crippen molar-refractivity contribution in [2.24, 2.45) is 0 Å². The van der Waals surface area contributed by atoms with E-state index in [9.17, 15) is 4.79 Å². The van der Waals surface area contributed by atoms with E-state index in [2.05, 4.69) is 17.5 Å². The largest absolute Gasteiger partial charge is 0.342 e. The van der Waals surface area contributed by atoms with E-state index in [4.69, 9.17) is 0 Å². The van der Waals surface area contributed by atoms with Crippen molar-refractivity contribution in [3.05, 3.63) is 12.2 Å². The SMILES string of the molecule is O=C(CNC1CC=CCC1)N1CCCCC1. The number of carbonyl (C=O) groups is 1. The molecule has 1 saturated heterocycles. The highest BCUT2D eigenvalue weighted by Crippen LogP contribution is 2.11. The molecule has 90 valence electrons. The molecule has 0 saturated carbocycles. The summed E-state index contributed by atoms with van der Waals surface area (Å²) in [7, 11) is 0. The molecular weight excluding hydrogens is 200 g/mol. The van der Waals surface area contributed by atoms with Gasteiger partial charge in [0.2, 0.25) is 5.91 Å². The number of piperidine rings is 1. The lowest BCUT2D eigenvalue weighted by Crippen LogP contribution is -2.43. The molecule has 1 fully saturated rings. The second-order valence-corrected chi connectivity index (χ2v) is 4.80. The molecule has 1 aliphatic carbocycles. The monoisotopic (exact) mass is 222 g/mol. The van der Waals surface area contributed by atoms with Gasteiger partial charge in [0.1, 0.15) is 0 Å². The summed E-state index contributed by atoms with van der Waals surface area (Å²) in [4.78, 5) is 13.9. The highest BCUT2D eigenvalue weighted by Gasteiger charge is 2.17. The Bertz CT molecular complexity index is 257. The Morgan fingerprint density at radius 3 is 2.75 bits per heavy atom. The third-order valence-electron chi connectivity index (χ3n) is 3.52. The molecule has 0 aromatic carbocycles. The fourth-order valence-electron chi connectivity index (χ4n) is 2.47. The van der Waals surface area contributed by atoms with Crippen LogP contribution in [0, 0.1) is 0 Å². The van der Waals surface area contributed by atoms with Crippen LogP contribution in [0.25, 0.3) is 0 Å². The van der Waals surface area contributed by atoms with Gasteiger partial charge in [0.15, 0.2) is 0 Å². The molecule has 1 heterocycles. The van der Waals surface area contributed by atoms with Crippen LogP contribution in [-0.4, -0.2) is 36.5 Å². The molecule has 0 bridgehead atoms. The van der Waals surface area contributed by atoms with Crippen molar-refractivity contribution in [3.63, 3.8) is 0 Å². The Morgan fingerprint density at radius 1 is 1.25 bits per heavy atom. The van der Waals surface area contributed by atoms with Gasteiger partial charge in [-0.15, -0.1) is 0 Å². The Labute approximate surface area is 97.9 Å². The Hall–Kier alpha value is -0.830. The lowest BCUT2D eigenvalue weighted by Gasteiger charge is -2.28. The molecule has 0 aromatic heterocycles. The summed E-state index contributed by atoms with van der Waals surface area (Å²) in [6, 6.07) is 0.513. The number of nitrogens with zero attached hydrogens (tertiary/aromatic N) is 1. The molecular formula is C13H22N2O. The molecule has 2 rings (SSSR count). The summed E-state index contributed by atoms with van der Waals surface area (Å²) in [6.07, 6.45) is 11.5. The van der Waals surface area contributed by atoms with Gasteiger partial charge in [-0.1, -0.05) is 12.2 Å². The molecule has 3 nitrogen and oxygen atoms in total. The molecule has 0 radical (unpaired) electrons. The van der Waals surface area contributed by atoms with Crippen molar-refractivity contribution in [3.8, 4) is 0 Å². The van der Waals surface area contributed by atoms with E-state index >= 15 is 0 Å². The smallest absolute Gasteiger partial charge is 0.236 e. The van der Waals surface area contributed by atoms with Crippen molar-refractivity contribution >= 4 is 5.91 Å². The van der Waals surface area contributed by atoms with E-state index in [0.717, 1.165) is 25.9 Å². The van der Waals surface area contributed by atoms with Crippen molar-refractivity contribution in [1.82, 2.24) is 10.2 Å². The summed E-state index contributed by atoms with van der Waals surface area (Å²) in [6.45, 7) is 2.45. The van der Waals surface area contributed by atoms with Gasteiger partial charge in [0.25, 0.3) is 0 Å². The van der Waals surface area contributed by atoms with Crippen molar-refractivity contribution < 1.29 is 4.79 Å². The van der Waals surface area contributed by atoms with Gasteiger partial charge >= 0.3 is 0 Å². The maximum absolute atomic E-state index is 11.9. The van der Waals surface area contributed by atoms with E-state index in [1.165, 1.54) is 25.7 Å². The second kappa shape index (κ2) is 6.04. The number of allylic oxidation sites excluding steroid dienone is 1. The lowest BCUT2D eigenvalue weighted by atomic mass is 10.0. The number of likely N-dealkylation sites (tertiary alicyclic amines) is 1. The summed E-state index contributed by atoms with van der Waals surface area (Å²) in [5.41, 5.74) is 0. The Morgan fingerprint density at radius 2 is 2.06 bits per heavy atom. The zero-order valence-electron chi connectivity index (χ0n) is 9.95. The van der Waals surface area contributed by atoms with Crippen LogP contribution in [0.5, 0.6) is 0 Å². The van der Waals surface area contributed by atoms with Crippen LogP contribution in [0.3, 0.4) is 0 Å². The molecule has 16 heavy (non-hydrogen) atoms. The Kier molecular flexibility index (Phi) is 4.40. The van der Waals surface area contributed by atoms with E-state index in [0.29, 0.717) is 12.6 Å². The zero-order chi connectivity index (χ0) is 11.2. The molecule has 0 aromatic rings. The third-order valence-corrected chi connectivity index (χ3v) is 3.52. The van der Waals surface area contributed by atoms with Crippen LogP contribution in [0.4, 0.5) is 0 Å². The van der Waals surface area contributed by atoms with Crippen LogP contribution in [0.2, 0.25) is 0 Å². The topological polar surface area (TPSA) is 32.3 Å². The van der Waals surface area contributed by atoms with Gasteiger partial charge in [0.05, 0.1) is 6.54 Å².